The molecule has 2 aromatic rings. The summed E-state index contributed by atoms with van der Waals surface area (Å²) in [6.07, 6.45) is 3.39. The van der Waals surface area contributed by atoms with Gasteiger partial charge in [0, 0.05) is 43.7 Å². The first-order valence-electron chi connectivity index (χ1n) is 11.6. The molecular weight excluding hydrogens is 498 g/mol. The number of pyridine rings is 2. The summed E-state index contributed by atoms with van der Waals surface area (Å²) in [5.74, 6) is -1.59. The summed E-state index contributed by atoms with van der Waals surface area (Å²) in [6.45, 7) is 2.01. The summed E-state index contributed by atoms with van der Waals surface area (Å²) < 4.78 is 9.90. The average molecular weight is 526 g/mol. The highest BCUT2D eigenvalue weighted by atomic mass is 32.2. The second kappa shape index (κ2) is 12.0. The van der Waals surface area contributed by atoms with Crippen LogP contribution in [0.1, 0.15) is 18.3 Å². The Morgan fingerprint density at radius 1 is 1.11 bits per heavy atom. The van der Waals surface area contributed by atoms with Crippen LogP contribution in [0.4, 0.5) is 0 Å². The Kier molecular flexibility index (Phi) is 8.51. The Bertz CT molecular complexity index is 1150. The lowest BCUT2D eigenvalue weighted by atomic mass is 10.0. The fourth-order valence-electron chi connectivity index (χ4n) is 4.10. The van der Waals surface area contributed by atoms with E-state index < -0.39 is 29.3 Å². The Labute approximate surface area is 218 Å². The van der Waals surface area contributed by atoms with Gasteiger partial charge in [0.05, 0.1) is 25.0 Å². The molecule has 2 atom stereocenters. The molecule has 1 saturated heterocycles. The lowest BCUT2D eigenvalue weighted by molar-refractivity contribution is -0.152. The topological polar surface area (TPSA) is 131 Å². The summed E-state index contributed by atoms with van der Waals surface area (Å²) in [4.78, 5) is 61.7. The van der Waals surface area contributed by atoms with Crippen molar-refractivity contribution >= 4 is 35.5 Å². The number of esters is 2. The van der Waals surface area contributed by atoms with Crippen molar-refractivity contribution < 1.29 is 28.7 Å². The molecule has 0 aliphatic carbocycles. The van der Waals surface area contributed by atoms with E-state index in [0.717, 1.165) is 11.4 Å². The molecule has 194 valence electrons. The van der Waals surface area contributed by atoms with Gasteiger partial charge in [0.2, 0.25) is 5.91 Å². The van der Waals surface area contributed by atoms with E-state index in [2.05, 4.69) is 15.3 Å². The fraction of sp³-hybridized carbons (Fsp3) is 0.360. The molecule has 0 saturated carbocycles. The predicted molar refractivity (Wildman–Crippen MR) is 133 cm³/mol. The van der Waals surface area contributed by atoms with Crippen molar-refractivity contribution in [2.45, 2.75) is 31.4 Å². The van der Waals surface area contributed by atoms with Gasteiger partial charge in [-0.15, -0.1) is 11.8 Å². The zero-order valence-electron chi connectivity index (χ0n) is 20.5. The van der Waals surface area contributed by atoms with E-state index in [1.807, 2.05) is 41.3 Å². The highest BCUT2D eigenvalue weighted by Crippen LogP contribution is 2.40. The molecule has 0 unspecified atom stereocenters. The third-order valence-corrected chi connectivity index (χ3v) is 7.12. The van der Waals surface area contributed by atoms with E-state index in [9.17, 15) is 19.2 Å². The number of amides is 2. The number of carbonyl (C=O) groups excluding carboxylic acids is 4. The molecule has 2 amide bonds. The maximum Gasteiger partial charge on any atom is 0.354 e. The molecule has 2 aromatic heterocycles. The van der Waals surface area contributed by atoms with Crippen molar-refractivity contribution in [2.75, 3.05) is 26.0 Å². The summed E-state index contributed by atoms with van der Waals surface area (Å²) >= 11 is 1.38. The van der Waals surface area contributed by atoms with Gasteiger partial charge in [-0.1, -0.05) is 12.1 Å². The Hall–Kier alpha value is -3.77. The van der Waals surface area contributed by atoms with Crippen LogP contribution >= 0.6 is 11.8 Å². The molecule has 37 heavy (non-hydrogen) atoms. The standard InChI is InChI=1S/C25H27N5O6S/c1-16(31)36-14-17-15-37-24-21(23(33)30(24)22(17)25(34)35-2)28-20(32)13-29(11-18-7-3-5-9-26-18)12-19-8-4-6-10-27-19/h3-10,21,24H,11-15H2,1-2H3,(H,28,32)/t21-,24+/m1/s1. The van der Waals surface area contributed by atoms with Gasteiger partial charge in [0.15, 0.2) is 0 Å². The van der Waals surface area contributed by atoms with Crippen molar-refractivity contribution in [3.63, 3.8) is 0 Å². The number of aromatic nitrogens is 2. The fourth-order valence-corrected chi connectivity index (χ4v) is 5.43. The molecule has 2 aliphatic rings. The van der Waals surface area contributed by atoms with Crippen LogP contribution in [-0.4, -0.2) is 81.0 Å². The minimum absolute atomic E-state index is 0.0196. The molecule has 1 fully saturated rings. The van der Waals surface area contributed by atoms with Gasteiger partial charge in [-0.2, -0.15) is 0 Å². The molecule has 4 rings (SSSR count). The number of hydrogen-bond donors (Lipinski definition) is 1. The van der Waals surface area contributed by atoms with Crippen molar-refractivity contribution in [3.8, 4) is 0 Å². The van der Waals surface area contributed by atoms with Gasteiger partial charge in [-0.3, -0.25) is 34.2 Å². The number of rotatable bonds is 10. The number of fused-ring (bicyclic) bond motifs is 1. The van der Waals surface area contributed by atoms with E-state index in [1.54, 1.807) is 12.4 Å². The first-order chi connectivity index (χ1) is 17.9. The smallest absolute Gasteiger partial charge is 0.354 e. The lowest BCUT2D eigenvalue weighted by Crippen LogP contribution is -2.71. The van der Waals surface area contributed by atoms with Gasteiger partial charge in [0.25, 0.3) is 5.91 Å². The quantitative estimate of drug-likeness (QED) is 0.352. The molecule has 11 nitrogen and oxygen atoms in total. The zero-order chi connectivity index (χ0) is 26.4. The van der Waals surface area contributed by atoms with Gasteiger partial charge in [0.1, 0.15) is 23.7 Å². The summed E-state index contributed by atoms with van der Waals surface area (Å²) in [5.41, 5.74) is 2.15. The average Bonchev–Trinajstić information content (AvgIpc) is 2.90. The summed E-state index contributed by atoms with van der Waals surface area (Å²) in [7, 11) is 1.22. The van der Waals surface area contributed by atoms with E-state index in [1.165, 1.54) is 30.7 Å². The van der Waals surface area contributed by atoms with Crippen LogP contribution in [0.15, 0.2) is 60.1 Å². The number of nitrogens with zero attached hydrogens (tertiary/aromatic N) is 4. The minimum Gasteiger partial charge on any atom is -0.464 e. The molecule has 12 heteroatoms. The van der Waals surface area contributed by atoms with Crippen molar-refractivity contribution in [1.82, 2.24) is 25.1 Å². The Morgan fingerprint density at radius 3 is 2.30 bits per heavy atom. The van der Waals surface area contributed by atoms with Crippen LogP contribution < -0.4 is 5.32 Å². The second-order valence-electron chi connectivity index (χ2n) is 8.47. The third-order valence-electron chi connectivity index (χ3n) is 5.78. The molecule has 2 aliphatic heterocycles. The number of carbonyl (C=O) groups is 4. The van der Waals surface area contributed by atoms with Gasteiger partial charge in [-0.05, 0) is 24.3 Å². The number of thioether (sulfide) groups is 1. The predicted octanol–water partition coefficient (Wildman–Crippen LogP) is 0.869. The largest absolute Gasteiger partial charge is 0.464 e. The zero-order valence-corrected chi connectivity index (χ0v) is 21.3. The molecular formula is C25H27N5O6S. The minimum atomic E-state index is -0.793. The number of nitrogens with one attached hydrogen (secondary N) is 1. The molecule has 0 bridgehead atoms. The summed E-state index contributed by atoms with van der Waals surface area (Å²) in [5, 5.41) is 2.35. The maximum absolute atomic E-state index is 13.0. The Balaban J connectivity index is 1.44. The number of hydrogen-bond acceptors (Lipinski definition) is 10. The monoisotopic (exact) mass is 525 g/mol. The normalized spacial score (nSPS) is 18.7. The molecule has 4 heterocycles. The first kappa shape index (κ1) is 26.3. The highest BCUT2D eigenvalue weighted by Gasteiger charge is 2.54. The van der Waals surface area contributed by atoms with E-state index in [4.69, 9.17) is 9.47 Å². The van der Waals surface area contributed by atoms with Gasteiger partial charge < -0.3 is 14.8 Å². The second-order valence-corrected chi connectivity index (χ2v) is 9.57. The van der Waals surface area contributed by atoms with E-state index >= 15 is 0 Å². The first-order valence-corrected chi connectivity index (χ1v) is 12.6. The van der Waals surface area contributed by atoms with Crippen LogP contribution in [0.2, 0.25) is 0 Å². The van der Waals surface area contributed by atoms with Gasteiger partial charge >= 0.3 is 11.9 Å². The summed E-state index contributed by atoms with van der Waals surface area (Å²) in [6, 6.07) is 10.4. The van der Waals surface area contributed by atoms with Crippen LogP contribution in [0, 0.1) is 0 Å². The van der Waals surface area contributed by atoms with Gasteiger partial charge in [-0.25, -0.2) is 4.79 Å². The maximum atomic E-state index is 13.0. The molecule has 0 radical (unpaired) electrons. The van der Waals surface area contributed by atoms with E-state index in [0.29, 0.717) is 24.4 Å². The highest BCUT2D eigenvalue weighted by molar-refractivity contribution is 8.00. The number of β-lactam (4-membered cyclic amide) rings is 1. The molecule has 0 spiro atoms. The van der Waals surface area contributed by atoms with Crippen molar-refractivity contribution in [2.24, 2.45) is 0 Å². The SMILES string of the molecule is COC(=O)C1=C(COC(C)=O)CS[C@H]2[C@H](NC(=O)CN(Cc3ccccn3)Cc3ccccn3)C(=O)N12. The van der Waals surface area contributed by atoms with Crippen LogP contribution in [0.3, 0.4) is 0 Å². The molecule has 0 aromatic carbocycles. The number of ether oxygens (including phenoxy) is 2. The molecule has 1 N–H and O–H groups in total. The van der Waals surface area contributed by atoms with Crippen LogP contribution in [0.5, 0.6) is 0 Å². The lowest BCUT2D eigenvalue weighted by Gasteiger charge is -2.49. The third kappa shape index (κ3) is 6.33. The number of methoxy groups -OCH3 is 1. The van der Waals surface area contributed by atoms with E-state index in [-0.39, 0.29) is 24.8 Å². The van der Waals surface area contributed by atoms with Crippen LogP contribution in [-0.2, 0) is 41.7 Å². The Morgan fingerprint density at radius 2 is 1.76 bits per heavy atom. The van der Waals surface area contributed by atoms with Crippen molar-refractivity contribution in [3.05, 3.63) is 71.4 Å². The van der Waals surface area contributed by atoms with Crippen LogP contribution in [0.25, 0.3) is 0 Å². The van der Waals surface area contributed by atoms with Crippen molar-refractivity contribution in [1.29, 1.82) is 0 Å².